The number of piperazine rings is 1. The van der Waals surface area contributed by atoms with Gasteiger partial charge in [-0.2, -0.15) is 0 Å². The largest absolute Gasteiger partial charge is 0.384 e. The lowest BCUT2D eigenvalue weighted by Crippen LogP contribution is -2.63. The van der Waals surface area contributed by atoms with E-state index in [1.54, 1.807) is 42.8 Å². The molecule has 0 saturated carbocycles. The van der Waals surface area contributed by atoms with Gasteiger partial charge in [-0.15, -0.1) is 0 Å². The summed E-state index contributed by atoms with van der Waals surface area (Å²) >= 11 is 0. The van der Waals surface area contributed by atoms with Crippen LogP contribution in [0.5, 0.6) is 0 Å². The first-order valence-electron chi connectivity index (χ1n) is 7.11. The first kappa shape index (κ1) is 15.3. The van der Waals surface area contributed by atoms with Crippen molar-refractivity contribution >= 4 is 17.6 Å². The van der Waals surface area contributed by atoms with E-state index in [0.717, 1.165) is 5.69 Å². The van der Waals surface area contributed by atoms with Crippen molar-refractivity contribution < 1.29 is 9.59 Å². The number of carbonyl (C=O) groups is 2. The van der Waals surface area contributed by atoms with Gasteiger partial charge < -0.3 is 15.5 Å². The van der Waals surface area contributed by atoms with E-state index in [4.69, 9.17) is 5.73 Å². The number of rotatable bonds is 2. The van der Waals surface area contributed by atoms with Gasteiger partial charge in [0.25, 0.3) is 5.91 Å². The van der Waals surface area contributed by atoms with Crippen molar-refractivity contribution in [1.29, 1.82) is 0 Å². The number of pyridine rings is 1. The minimum atomic E-state index is -0.853. The Bertz CT molecular complexity index is 583. The quantitative estimate of drug-likeness (QED) is 0.878. The summed E-state index contributed by atoms with van der Waals surface area (Å²) in [6.07, 6.45) is 0.705. The average Bonchev–Trinajstić information content (AvgIpc) is 2.43. The van der Waals surface area contributed by atoms with E-state index < -0.39 is 5.54 Å². The molecule has 0 spiro atoms. The lowest BCUT2D eigenvalue weighted by Gasteiger charge is -2.44. The molecule has 6 nitrogen and oxygen atoms in total. The van der Waals surface area contributed by atoms with E-state index in [9.17, 15) is 9.59 Å². The van der Waals surface area contributed by atoms with Gasteiger partial charge in [-0.05, 0) is 32.4 Å². The van der Waals surface area contributed by atoms with Crippen LogP contribution in [0.1, 0.15) is 36.8 Å². The third-order valence-electron chi connectivity index (χ3n) is 3.96. The molecule has 0 bridgehead atoms. The van der Waals surface area contributed by atoms with E-state index in [2.05, 4.69) is 4.98 Å². The fraction of sp³-hybridized carbons (Fsp3) is 0.533. The van der Waals surface area contributed by atoms with Crippen molar-refractivity contribution in [2.45, 2.75) is 32.7 Å². The third-order valence-corrected chi connectivity index (χ3v) is 3.96. The summed E-state index contributed by atoms with van der Waals surface area (Å²) in [5.74, 6) is 0.0982. The van der Waals surface area contributed by atoms with Crippen LogP contribution in [-0.4, -0.2) is 52.3 Å². The van der Waals surface area contributed by atoms with Crippen molar-refractivity contribution in [3.63, 3.8) is 0 Å². The Morgan fingerprint density at radius 1 is 1.38 bits per heavy atom. The molecule has 2 heterocycles. The summed E-state index contributed by atoms with van der Waals surface area (Å²) in [4.78, 5) is 32.5. The van der Waals surface area contributed by atoms with Crippen LogP contribution in [-0.2, 0) is 11.2 Å². The number of nitrogens with two attached hydrogens (primary N) is 1. The molecule has 2 amide bonds. The Morgan fingerprint density at radius 3 is 2.67 bits per heavy atom. The minimum Gasteiger partial charge on any atom is -0.384 e. The topological polar surface area (TPSA) is 79.5 Å². The maximum Gasteiger partial charge on any atom is 0.254 e. The smallest absolute Gasteiger partial charge is 0.254 e. The summed E-state index contributed by atoms with van der Waals surface area (Å²) in [7, 11) is 1.76. The van der Waals surface area contributed by atoms with Crippen molar-refractivity contribution in [2.75, 3.05) is 25.9 Å². The number of likely N-dealkylation sites (N-methyl/N-ethyl adjacent to an activating group) is 1. The van der Waals surface area contributed by atoms with Crippen LogP contribution >= 0.6 is 0 Å². The number of anilines is 1. The van der Waals surface area contributed by atoms with Crippen LogP contribution in [0.25, 0.3) is 0 Å². The molecular formula is C15H22N4O2. The lowest BCUT2D eigenvalue weighted by atomic mass is 9.96. The molecule has 1 fully saturated rings. The van der Waals surface area contributed by atoms with Gasteiger partial charge in [0.15, 0.2) is 0 Å². The van der Waals surface area contributed by atoms with Crippen LogP contribution in [0, 0.1) is 0 Å². The molecule has 1 saturated heterocycles. The van der Waals surface area contributed by atoms with Crippen molar-refractivity contribution in [1.82, 2.24) is 14.8 Å². The molecule has 2 N–H and O–H groups in total. The van der Waals surface area contributed by atoms with E-state index >= 15 is 0 Å². The van der Waals surface area contributed by atoms with Crippen LogP contribution in [0.4, 0.5) is 5.82 Å². The Kier molecular flexibility index (Phi) is 3.89. The molecule has 6 heteroatoms. The summed E-state index contributed by atoms with van der Waals surface area (Å²) < 4.78 is 0. The van der Waals surface area contributed by atoms with Crippen molar-refractivity contribution in [3.8, 4) is 0 Å². The van der Waals surface area contributed by atoms with Gasteiger partial charge in [-0.3, -0.25) is 9.59 Å². The molecule has 0 atom stereocenters. The van der Waals surface area contributed by atoms with E-state index in [-0.39, 0.29) is 11.8 Å². The first-order valence-corrected chi connectivity index (χ1v) is 7.11. The van der Waals surface area contributed by atoms with E-state index in [1.807, 2.05) is 6.92 Å². The molecule has 1 aromatic heterocycles. The number of carbonyl (C=O) groups excluding carboxylic acids is 2. The van der Waals surface area contributed by atoms with Crippen LogP contribution in [0.3, 0.4) is 0 Å². The highest BCUT2D eigenvalue weighted by atomic mass is 16.2. The zero-order chi connectivity index (χ0) is 15.8. The lowest BCUT2D eigenvalue weighted by molar-refractivity contribution is -0.144. The van der Waals surface area contributed by atoms with Crippen molar-refractivity contribution in [2.24, 2.45) is 0 Å². The number of nitrogen functional groups attached to an aromatic ring is 1. The van der Waals surface area contributed by atoms with Crippen LogP contribution in [0.15, 0.2) is 12.1 Å². The zero-order valence-corrected chi connectivity index (χ0v) is 13.0. The first-order chi connectivity index (χ1) is 9.77. The van der Waals surface area contributed by atoms with Gasteiger partial charge in [-0.1, -0.05) is 6.92 Å². The minimum absolute atomic E-state index is 0.0557. The standard InChI is InChI=1S/C15H22N4O2/c1-5-11-8-10(9-12(16)17-11)13(20)19-7-6-18(4)14(21)15(19,2)3/h8-9H,5-7H2,1-4H3,(H2,16,17). The Labute approximate surface area is 124 Å². The second-order valence-electron chi connectivity index (χ2n) is 5.87. The predicted octanol–water partition coefficient (Wildman–Crippen LogP) is 0.919. The number of amides is 2. The molecule has 0 aromatic carbocycles. The van der Waals surface area contributed by atoms with Crippen LogP contribution in [0.2, 0.25) is 0 Å². The maximum absolute atomic E-state index is 12.8. The molecule has 0 aliphatic carbocycles. The zero-order valence-electron chi connectivity index (χ0n) is 13.0. The van der Waals surface area contributed by atoms with Gasteiger partial charge in [0.1, 0.15) is 11.4 Å². The monoisotopic (exact) mass is 290 g/mol. The van der Waals surface area contributed by atoms with Crippen molar-refractivity contribution in [3.05, 3.63) is 23.4 Å². The fourth-order valence-electron chi connectivity index (χ4n) is 2.64. The van der Waals surface area contributed by atoms with Gasteiger partial charge in [0.05, 0.1) is 0 Å². The molecular weight excluding hydrogens is 268 g/mol. The maximum atomic E-state index is 12.8. The number of hydrogen-bond acceptors (Lipinski definition) is 4. The number of aryl methyl sites for hydroxylation is 1. The Hall–Kier alpha value is -2.11. The molecule has 2 rings (SSSR count). The average molecular weight is 290 g/mol. The van der Waals surface area contributed by atoms with Gasteiger partial charge in [-0.25, -0.2) is 4.98 Å². The highest BCUT2D eigenvalue weighted by Crippen LogP contribution is 2.24. The molecule has 114 valence electrons. The van der Waals surface area contributed by atoms with Crippen LogP contribution < -0.4 is 5.73 Å². The molecule has 0 unspecified atom stereocenters. The number of hydrogen-bond donors (Lipinski definition) is 1. The summed E-state index contributed by atoms with van der Waals surface area (Å²) in [6.45, 7) is 6.55. The SMILES string of the molecule is CCc1cc(C(=O)N2CCN(C)C(=O)C2(C)C)cc(N)n1. The Balaban J connectivity index is 2.35. The number of nitrogens with zero attached hydrogens (tertiary/aromatic N) is 3. The second kappa shape index (κ2) is 5.35. The third kappa shape index (κ3) is 2.70. The summed E-state index contributed by atoms with van der Waals surface area (Å²) in [5, 5.41) is 0. The second-order valence-corrected chi connectivity index (χ2v) is 5.87. The number of aromatic nitrogens is 1. The summed E-state index contributed by atoms with van der Waals surface area (Å²) in [6, 6.07) is 3.32. The van der Waals surface area contributed by atoms with Gasteiger partial charge >= 0.3 is 0 Å². The molecule has 1 aliphatic rings. The predicted molar refractivity (Wildman–Crippen MR) is 80.8 cm³/mol. The van der Waals surface area contributed by atoms with E-state index in [1.165, 1.54) is 0 Å². The Morgan fingerprint density at radius 2 is 2.05 bits per heavy atom. The normalized spacial score (nSPS) is 18.0. The van der Waals surface area contributed by atoms with Gasteiger partial charge in [0.2, 0.25) is 5.91 Å². The highest BCUT2D eigenvalue weighted by molar-refractivity contribution is 6.00. The van der Waals surface area contributed by atoms with E-state index in [0.29, 0.717) is 30.9 Å². The molecule has 1 aromatic rings. The molecule has 0 radical (unpaired) electrons. The summed E-state index contributed by atoms with van der Waals surface area (Å²) in [5.41, 5.74) is 6.17. The van der Waals surface area contributed by atoms with Gasteiger partial charge in [0, 0.05) is 31.4 Å². The highest BCUT2D eigenvalue weighted by Gasteiger charge is 2.43. The molecule has 21 heavy (non-hydrogen) atoms. The fourth-order valence-corrected chi connectivity index (χ4v) is 2.64. The molecule has 1 aliphatic heterocycles.